The van der Waals surface area contributed by atoms with Crippen molar-refractivity contribution in [3.63, 3.8) is 0 Å². The standard InChI is InChI=1S/C24H26N2O5/c1-17-13-25(24(29)26(23(17)28)14-18-8-4-2-5-9-18)22-12-20(21(15-27)31-22)30-16-19-10-6-3-7-11-19/h2-11,13,20-22,27H,12,14-16H2,1H3/t20-,21-,22+/m1/s1. The van der Waals surface area contributed by atoms with Crippen molar-refractivity contribution in [3.8, 4) is 0 Å². The number of aryl methyl sites for hydroxylation is 1. The fourth-order valence-electron chi connectivity index (χ4n) is 3.86. The van der Waals surface area contributed by atoms with Gasteiger partial charge in [0, 0.05) is 18.2 Å². The molecule has 4 rings (SSSR count). The van der Waals surface area contributed by atoms with Gasteiger partial charge in [0.15, 0.2) is 0 Å². The second kappa shape index (κ2) is 9.43. The van der Waals surface area contributed by atoms with E-state index >= 15 is 0 Å². The van der Waals surface area contributed by atoms with Crippen LogP contribution in [-0.4, -0.2) is 33.1 Å². The molecule has 1 aliphatic rings. The molecule has 0 radical (unpaired) electrons. The van der Waals surface area contributed by atoms with Crippen LogP contribution >= 0.6 is 0 Å². The maximum absolute atomic E-state index is 13.2. The first-order valence-corrected chi connectivity index (χ1v) is 10.3. The number of nitrogens with zero attached hydrogens (tertiary/aromatic N) is 2. The molecule has 31 heavy (non-hydrogen) atoms. The summed E-state index contributed by atoms with van der Waals surface area (Å²) in [7, 11) is 0. The summed E-state index contributed by atoms with van der Waals surface area (Å²) >= 11 is 0. The van der Waals surface area contributed by atoms with Crippen molar-refractivity contribution in [2.45, 2.75) is 44.9 Å². The van der Waals surface area contributed by atoms with Crippen LogP contribution in [0.3, 0.4) is 0 Å². The van der Waals surface area contributed by atoms with Gasteiger partial charge in [-0.1, -0.05) is 60.7 Å². The molecule has 7 heteroatoms. The highest BCUT2D eigenvalue weighted by Crippen LogP contribution is 2.30. The number of aliphatic hydroxyl groups excluding tert-OH is 1. The Hall–Kier alpha value is -3.00. The number of hydrogen-bond donors (Lipinski definition) is 1. The first-order chi connectivity index (χ1) is 15.1. The Labute approximate surface area is 180 Å². The molecule has 2 aromatic carbocycles. The molecule has 1 saturated heterocycles. The van der Waals surface area contributed by atoms with Crippen LogP contribution < -0.4 is 11.2 Å². The largest absolute Gasteiger partial charge is 0.394 e. The fraction of sp³-hybridized carbons (Fsp3) is 0.333. The van der Waals surface area contributed by atoms with Gasteiger partial charge in [-0.2, -0.15) is 0 Å². The molecule has 7 nitrogen and oxygen atoms in total. The number of benzene rings is 2. The van der Waals surface area contributed by atoms with Crippen molar-refractivity contribution in [1.29, 1.82) is 0 Å². The van der Waals surface area contributed by atoms with Crippen LogP contribution in [0.2, 0.25) is 0 Å². The fourth-order valence-corrected chi connectivity index (χ4v) is 3.86. The highest BCUT2D eigenvalue weighted by molar-refractivity contribution is 5.16. The third-order valence-corrected chi connectivity index (χ3v) is 5.53. The SMILES string of the molecule is Cc1cn([C@@H]2C[C@@H](OCc3ccccc3)[C@@H](CO)O2)c(=O)n(Cc2ccccc2)c1=O. The van der Waals surface area contributed by atoms with Crippen LogP contribution in [0.15, 0.2) is 76.4 Å². The van der Waals surface area contributed by atoms with Gasteiger partial charge in [0.25, 0.3) is 5.56 Å². The lowest BCUT2D eigenvalue weighted by Crippen LogP contribution is -2.42. The Morgan fingerprint density at radius 1 is 1.03 bits per heavy atom. The lowest BCUT2D eigenvalue weighted by Gasteiger charge is -2.17. The van der Waals surface area contributed by atoms with Gasteiger partial charge in [0.2, 0.25) is 0 Å². The Morgan fingerprint density at radius 3 is 2.32 bits per heavy atom. The van der Waals surface area contributed by atoms with E-state index in [4.69, 9.17) is 9.47 Å². The van der Waals surface area contributed by atoms with E-state index in [1.54, 1.807) is 6.92 Å². The number of aliphatic hydroxyl groups is 1. The number of aromatic nitrogens is 2. The van der Waals surface area contributed by atoms with Crippen LogP contribution in [0.4, 0.5) is 0 Å². The molecule has 1 N–H and O–H groups in total. The predicted molar refractivity (Wildman–Crippen MR) is 116 cm³/mol. The molecule has 0 spiro atoms. The maximum Gasteiger partial charge on any atom is 0.333 e. The van der Waals surface area contributed by atoms with E-state index in [0.29, 0.717) is 18.6 Å². The quantitative estimate of drug-likeness (QED) is 0.631. The van der Waals surface area contributed by atoms with Gasteiger partial charge in [-0.15, -0.1) is 0 Å². The van der Waals surface area contributed by atoms with Crippen molar-refractivity contribution in [1.82, 2.24) is 9.13 Å². The third kappa shape index (κ3) is 4.69. The Morgan fingerprint density at radius 2 is 1.68 bits per heavy atom. The summed E-state index contributed by atoms with van der Waals surface area (Å²) in [5.74, 6) is 0. The molecule has 162 valence electrons. The third-order valence-electron chi connectivity index (χ3n) is 5.53. The van der Waals surface area contributed by atoms with Crippen molar-refractivity contribution >= 4 is 0 Å². The summed E-state index contributed by atoms with van der Waals surface area (Å²) in [4.78, 5) is 25.8. The minimum absolute atomic E-state index is 0.185. The van der Waals surface area contributed by atoms with Gasteiger partial charge in [-0.25, -0.2) is 4.79 Å². The number of rotatable bonds is 7. The molecule has 1 aliphatic heterocycles. The van der Waals surface area contributed by atoms with E-state index in [0.717, 1.165) is 11.1 Å². The lowest BCUT2D eigenvalue weighted by atomic mass is 10.1. The summed E-state index contributed by atoms with van der Waals surface area (Å²) in [6.45, 7) is 2.04. The monoisotopic (exact) mass is 422 g/mol. The molecule has 0 saturated carbocycles. The zero-order valence-corrected chi connectivity index (χ0v) is 17.4. The van der Waals surface area contributed by atoms with Crippen LogP contribution in [0, 0.1) is 6.92 Å². The van der Waals surface area contributed by atoms with E-state index in [-0.39, 0.29) is 24.8 Å². The van der Waals surface area contributed by atoms with Crippen LogP contribution in [0.1, 0.15) is 29.3 Å². The number of ether oxygens (including phenoxy) is 2. The molecule has 0 bridgehead atoms. The molecule has 2 heterocycles. The Balaban J connectivity index is 1.57. The van der Waals surface area contributed by atoms with Crippen LogP contribution in [-0.2, 0) is 22.6 Å². The predicted octanol–water partition coefficient (Wildman–Crippen LogP) is 2.23. The average molecular weight is 422 g/mol. The van der Waals surface area contributed by atoms with Crippen molar-refractivity contribution in [2.24, 2.45) is 0 Å². The Kier molecular flexibility index (Phi) is 6.46. The van der Waals surface area contributed by atoms with Gasteiger partial charge >= 0.3 is 5.69 Å². The summed E-state index contributed by atoms with van der Waals surface area (Å²) in [6.07, 6.45) is 0.408. The smallest absolute Gasteiger partial charge is 0.333 e. The van der Waals surface area contributed by atoms with Crippen LogP contribution in [0.25, 0.3) is 0 Å². The first kappa shape index (κ1) is 21.2. The van der Waals surface area contributed by atoms with E-state index in [1.165, 1.54) is 15.3 Å². The van der Waals surface area contributed by atoms with E-state index in [9.17, 15) is 14.7 Å². The zero-order valence-electron chi connectivity index (χ0n) is 17.4. The first-order valence-electron chi connectivity index (χ1n) is 10.3. The van der Waals surface area contributed by atoms with E-state index in [2.05, 4.69) is 0 Å². The van der Waals surface area contributed by atoms with Gasteiger partial charge in [0.05, 0.1) is 25.9 Å². The molecule has 0 unspecified atom stereocenters. The molecule has 1 fully saturated rings. The molecular weight excluding hydrogens is 396 g/mol. The van der Waals surface area contributed by atoms with Gasteiger partial charge in [-0.05, 0) is 18.1 Å². The molecule has 0 aliphatic carbocycles. The zero-order chi connectivity index (χ0) is 21.8. The molecular formula is C24H26N2O5. The Bertz CT molecular complexity index is 1120. The molecule has 3 aromatic rings. The van der Waals surface area contributed by atoms with Gasteiger partial charge < -0.3 is 14.6 Å². The van der Waals surface area contributed by atoms with E-state index < -0.39 is 18.0 Å². The van der Waals surface area contributed by atoms with Crippen molar-refractivity contribution in [3.05, 3.63) is 104 Å². The molecule has 0 amide bonds. The normalized spacial score (nSPS) is 20.8. The highest BCUT2D eigenvalue weighted by Gasteiger charge is 2.37. The summed E-state index contributed by atoms with van der Waals surface area (Å²) in [6, 6.07) is 19.1. The average Bonchev–Trinajstić information content (AvgIpc) is 3.22. The van der Waals surface area contributed by atoms with E-state index in [1.807, 2.05) is 60.7 Å². The second-order valence-corrected chi connectivity index (χ2v) is 7.76. The molecule has 1 aromatic heterocycles. The van der Waals surface area contributed by atoms with Crippen LogP contribution in [0.5, 0.6) is 0 Å². The summed E-state index contributed by atoms with van der Waals surface area (Å²) < 4.78 is 14.6. The summed E-state index contributed by atoms with van der Waals surface area (Å²) in [5.41, 5.74) is 1.58. The minimum Gasteiger partial charge on any atom is -0.394 e. The second-order valence-electron chi connectivity index (χ2n) is 7.76. The van der Waals surface area contributed by atoms with Crippen molar-refractivity contribution in [2.75, 3.05) is 6.61 Å². The topological polar surface area (TPSA) is 82.7 Å². The lowest BCUT2D eigenvalue weighted by molar-refractivity contribution is -0.0660. The summed E-state index contributed by atoms with van der Waals surface area (Å²) in [5, 5.41) is 9.77. The highest BCUT2D eigenvalue weighted by atomic mass is 16.6. The van der Waals surface area contributed by atoms with Gasteiger partial charge in [0.1, 0.15) is 12.3 Å². The molecule has 3 atom stereocenters. The maximum atomic E-state index is 13.2. The number of hydrogen-bond acceptors (Lipinski definition) is 5. The van der Waals surface area contributed by atoms with Gasteiger partial charge in [-0.3, -0.25) is 13.9 Å². The van der Waals surface area contributed by atoms with Crippen molar-refractivity contribution < 1.29 is 14.6 Å². The minimum atomic E-state index is -0.619.